The first-order chi connectivity index (χ1) is 4.98. The van der Waals surface area contributed by atoms with E-state index in [-0.39, 0.29) is 5.73 Å². The maximum atomic E-state index is 9.64. The smallest absolute Gasteiger partial charge is 0.0781 e. The maximum Gasteiger partial charge on any atom is 0.0781 e. The molecule has 0 saturated carbocycles. The van der Waals surface area contributed by atoms with Gasteiger partial charge in [-0.1, -0.05) is 25.7 Å². The molecule has 2 heteroatoms. The fourth-order valence-electron chi connectivity index (χ4n) is 0.889. The van der Waals surface area contributed by atoms with Crippen molar-refractivity contribution < 1.29 is 5.11 Å². The summed E-state index contributed by atoms with van der Waals surface area (Å²) < 4.78 is 0. The largest absolute Gasteiger partial charge is 0.397 e. The molecule has 0 heterocycles. The molecule has 0 aliphatic rings. The molecule has 1 N–H and O–H groups in total. The fraction of sp³-hybridized carbons (Fsp3) is 0.778. The normalized spacial score (nSPS) is 14.5. The summed E-state index contributed by atoms with van der Waals surface area (Å²) in [5.41, 5.74) is -0.0394. The third-order valence-corrected chi connectivity index (χ3v) is 4.17. The van der Waals surface area contributed by atoms with Crippen molar-refractivity contribution in [3.63, 3.8) is 0 Å². The lowest BCUT2D eigenvalue weighted by Gasteiger charge is -2.23. The van der Waals surface area contributed by atoms with Crippen molar-refractivity contribution in [2.24, 2.45) is 0 Å². The van der Waals surface area contributed by atoms with Crippen molar-refractivity contribution in [1.82, 2.24) is 0 Å². The molecule has 0 fully saturated rings. The van der Waals surface area contributed by atoms with Crippen molar-refractivity contribution in [3.8, 4) is 0 Å². The summed E-state index contributed by atoms with van der Waals surface area (Å²) >= 11 is 0. The Morgan fingerprint density at radius 2 is 2.00 bits per heavy atom. The van der Waals surface area contributed by atoms with Crippen LogP contribution in [0.4, 0.5) is 0 Å². The van der Waals surface area contributed by atoms with E-state index in [4.69, 9.17) is 0 Å². The Kier molecular flexibility index (Phi) is 4.69. The van der Waals surface area contributed by atoms with E-state index in [9.17, 15) is 5.11 Å². The minimum Gasteiger partial charge on any atom is -0.397 e. The molecular weight excluding hydrogens is 152 g/mol. The lowest BCUT2D eigenvalue weighted by molar-refractivity contribution is 0.230. The Labute approximate surface area is 71.1 Å². The minimum absolute atomic E-state index is 0.0394. The molecule has 66 valence electrons. The van der Waals surface area contributed by atoms with Crippen molar-refractivity contribution in [2.75, 3.05) is 0 Å². The highest BCUT2D eigenvalue weighted by atomic mass is 28.3. The Balaban J connectivity index is 3.52. The number of unbranched alkanes of at least 4 members (excludes halogenated alkanes) is 1. The fourth-order valence-corrected chi connectivity index (χ4v) is 1.96. The van der Waals surface area contributed by atoms with Crippen LogP contribution < -0.4 is 0 Å². The molecule has 0 rings (SSSR count). The second-order valence-electron chi connectivity index (χ2n) is 4.10. The van der Waals surface area contributed by atoms with Gasteiger partial charge in [0.15, 0.2) is 0 Å². The number of hydrogen-bond acceptors (Lipinski definition) is 1. The minimum atomic E-state index is -1.29. The zero-order valence-electron chi connectivity index (χ0n) is 7.93. The number of rotatable bonds is 5. The number of allylic oxidation sites excluding steroid dienone is 1. The molecule has 0 aliphatic heterocycles. The predicted molar refractivity (Wildman–Crippen MR) is 53.4 cm³/mol. The Morgan fingerprint density at radius 1 is 1.45 bits per heavy atom. The van der Waals surface area contributed by atoms with E-state index in [0.717, 1.165) is 19.3 Å². The van der Waals surface area contributed by atoms with E-state index < -0.39 is 8.07 Å². The highest BCUT2D eigenvalue weighted by molar-refractivity contribution is 6.77. The van der Waals surface area contributed by atoms with Gasteiger partial charge in [-0.15, -0.1) is 6.58 Å². The van der Waals surface area contributed by atoms with E-state index in [2.05, 4.69) is 26.2 Å². The highest BCUT2D eigenvalue weighted by Gasteiger charge is 2.23. The second-order valence-corrected chi connectivity index (χ2v) is 9.50. The van der Waals surface area contributed by atoms with Crippen LogP contribution in [0, 0.1) is 0 Å². The van der Waals surface area contributed by atoms with E-state index in [1.165, 1.54) is 0 Å². The van der Waals surface area contributed by atoms with E-state index in [0.29, 0.717) is 0 Å². The van der Waals surface area contributed by atoms with Crippen LogP contribution in [0.2, 0.25) is 19.6 Å². The van der Waals surface area contributed by atoms with Gasteiger partial charge in [0.2, 0.25) is 0 Å². The summed E-state index contributed by atoms with van der Waals surface area (Å²) in [4.78, 5) is 0. The van der Waals surface area contributed by atoms with Crippen LogP contribution in [0.3, 0.4) is 0 Å². The van der Waals surface area contributed by atoms with Crippen molar-refractivity contribution in [1.29, 1.82) is 0 Å². The number of hydrogen-bond donors (Lipinski definition) is 1. The lowest BCUT2D eigenvalue weighted by Crippen LogP contribution is -2.37. The Bertz CT molecular complexity index is 115. The SMILES string of the molecule is C=CCCCC(O)[Si](C)(C)C. The topological polar surface area (TPSA) is 20.2 Å². The van der Waals surface area contributed by atoms with Crippen LogP contribution in [0.15, 0.2) is 12.7 Å². The predicted octanol–water partition coefficient (Wildman–Crippen LogP) is 2.58. The molecule has 0 bridgehead atoms. The van der Waals surface area contributed by atoms with Crippen molar-refractivity contribution in [3.05, 3.63) is 12.7 Å². The van der Waals surface area contributed by atoms with Gasteiger partial charge in [-0.2, -0.15) is 0 Å². The molecule has 0 aromatic rings. The summed E-state index contributed by atoms with van der Waals surface area (Å²) in [6, 6.07) is 0. The van der Waals surface area contributed by atoms with E-state index >= 15 is 0 Å². The van der Waals surface area contributed by atoms with Crippen LogP contribution in [0.5, 0.6) is 0 Å². The number of aliphatic hydroxyl groups excluding tert-OH is 1. The standard InChI is InChI=1S/C9H20OSi/c1-5-6-7-8-9(10)11(2,3)4/h5,9-10H,1,6-8H2,2-4H3. The van der Waals surface area contributed by atoms with Crippen LogP contribution >= 0.6 is 0 Å². The third-order valence-electron chi connectivity index (χ3n) is 1.89. The van der Waals surface area contributed by atoms with E-state index in [1.807, 2.05) is 6.08 Å². The first-order valence-corrected chi connectivity index (χ1v) is 7.85. The van der Waals surface area contributed by atoms with Gasteiger partial charge in [0, 0.05) is 5.73 Å². The Morgan fingerprint density at radius 3 is 2.36 bits per heavy atom. The molecule has 1 atom stereocenters. The van der Waals surface area contributed by atoms with Gasteiger partial charge in [-0.3, -0.25) is 0 Å². The van der Waals surface area contributed by atoms with Crippen molar-refractivity contribution >= 4 is 8.07 Å². The first-order valence-electron chi connectivity index (χ1n) is 4.27. The van der Waals surface area contributed by atoms with Gasteiger partial charge in [0.1, 0.15) is 0 Å². The van der Waals surface area contributed by atoms with Crippen LogP contribution in [-0.4, -0.2) is 18.9 Å². The third kappa shape index (κ3) is 5.22. The highest BCUT2D eigenvalue weighted by Crippen LogP contribution is 2.13. The summed E-state index contributed by atoms with van der Waals surface area (Å²) in [6.07, 6.45) is 4.97. The maximum absolute atomic E-state index is 9.64. The monoisotopic (exact) mass is 172 g/mol. The number of aliphatic hydroxyl groups is 1. The van der Waals surface area contributed by atoms with Gasteiger partial charge in [0.25, 0.3) is 0 Å². The average Bonchev–Trinajstić information content (AvgIpc) is 1.86. The summed E-state index contributed by atoms with van der Waals surface area (Å²) in [5.74, 6) is 0. The molecule has 0 radical (unpaired) electrons. The molecule has 1 nitrogen and oxygen atoms in total. The summed E-state index contributed by atoms with van der Waals surface area (Å²) in [6.45, 7) is 10.2. The summed E-state index contributed by atoms with van der Waals surface area (Å²) in [5, 5.41) is 9.64. The Hall–Kier alpha value is -0.0831. The average molecular weight is 172 g/mol. The molecule has 0 saturated heterocycles. The van der Waals surface area contributed by atoms with Crippen LogP contribution in [-0.2, 0) is 0 Å². The van der Waals surface area contributed by atoms with Gasteiger partial charge in [-0.05, 0) is 19.3 Å². The lowest BCUT2D eigenvalue weighted by atomic mass is 10.2. The molecule has 0 aromatic carbocycles. The van der Waals surface area contributed by atoms with Crippen LogP contribution in [0.1, 0.15) is 19.3 Å². The molecule has 1 unspecified atom stereocenters. The van der Waals surface area contributed by atoms with Gasteiger partial charge >= 0.3 is 0 Å². The molecule has 11 heavy (non-hydrogen) atoms. The molecule has 0 spiro atoms. The quantitative estimate of drug-likeness (QED) is 0.384. The zero-order chi connectivity index (χ0) is 8.91. The molecule has 0 aliphatic carbocycles. The van der Waals surface area contributed by atoms with Crippen molar-refractivity contribution in [2.45, 2.75) is 44.6 Å². The first kappa shape index (κ1) is 10.9. The summed E-state index contributed by atoms with van der Waals surface area (Å²) in [7, 11) is -1.29. The van der Waals surface area contributed by atoms with Gasteiger partial charge < -0.3 is 5.11 Å². The van der Waals surface area contributed by atoms with Gasteiger partial charge in [0.05, 0.1) is 8.07 Å². The van der Waals surface area contributed by atoms with Gasteiger partial charge in [-0.25, -0.2) is 0 Å². The zero-order valence-corrected chi connectivity index (χ0v) is 8.93. The molecular formula is C9H20OSi. The van der Waals surface area contributed by atoms with Crippen LogP contribution in [0.25, 0.3) is 0 Å². The molecule has 0 amide bonds. The van der Waals surface area contributed by atoms with E-state index in [1.54, 1.807) is 0 Å². The second kappa shape index (κ2) is 4.73. The molecule has 0 aromatic heterocycles.